The average Bonchev–Trinajstić information content (AvgIpc) is 2.52. The monoisotopic (exact) mass is 265 g/mol. The van der Waals surface area contributed by atoms with Crippen LogP contribution in [0.1, 0.15) is 31.7 Å². The molecule has 0 aliphatic heterocycles. The van der Waals surface area contributed by atoms with E-state index in [1.165, 1.54) is 12.8 Å². The highest BCUT2D eigenvalue weighted by Crippen LogP contribution is 2.32. The van der Waals surface area contributed by atoms with Crippen LogP contribution in [0.5, 0.6) is 5.75 Å². The summed E-state index contributed by atoms with van der Waals surface area (Å²) in [5.74, 6) is 0.853. The zero-order valence-corrected chi connectivity index (χ0v) is 11.8. The van der Waals surface area contributed by atoms with Crippen LogP contribution < -0.4 is 4.74 Å². The highest BCUT2D eigenvalue weighted by molar-refractivity contribution is 5.75. The van der Waals surface area contributed by atoms with Gasteiger partial charge >= 0.3 is 0 Å². The minimum atomic E-state index is 0.678. The van der Waals surface area contributed by atoms with Crippen molar-refractivity contribution in [2.24, 2.45) is 0 Å². The molecule has 0 bridgehead atoms. The predicted octanol–water partition coefficient (Wildman–Crippen LogP) is 4.79. The summed E-state index contributed by atoms with van der Waals surface area (Å²) in [5, 5.41) is 9.23. The normalized spacial score (nSPS) is 10.0. The molecule has 0 saturated carbocycles. The number of para-hydroxylation sites is 1. The Morgan fingerprint density at radius 2 is 1.65 bits per heavy atom. The first-order valence-electron chi connectivity index (χ1n) is 7.08. The van der Waals surface area contributed by atoms with E-state index in [9.17, 15) is 5.26 Å². The number of benzene rings is 2. The molecule has 2 heteroatoms. The number of unbranched alkanes of at least 4 members (excludes halogenated alkanes) is 2. The topological polar surface area (TPSA) is 33.0 Å². The Bertz CT molecular complexity index is 598. The molecule has 2 aromatic carbocycles. The molecule has 0 aliphatic rings. The van der Waals surface area contributed by atoms with Crippen molar-refractivity contribution in [1.29, 1.82) is 5.26 Å². The van der Waals surface area contributed by atoms with E-state index >= 15 is 0 Å². The summed E-state index contributed by atoms with van der Waals surface area (Å²) in [5.41, 5.74) is 2.60. The summed E-state index contributed by atoms with van der Waals surface area (Å²) >= 11 is 0. The van der Waals surface area contributed by atoms with Crippen molar-refractivity contribution in [2.75, 3.05) is 6.61 Å². The van der Waals surface area contributed by atoms with Gasteiger partial charge in [-0.2, -0.15) is 5.26 Å². The van der Waals surface area contributed by atoms with Crippen LogP contribution in [0.25, 0.3) is 11.1 Å². The van der Waals surface area contributed by atoms with Crippen molar-refractivity contribution in [1.82, 2.24) is 0 Å². The summed E-state index contributed by atoms with van der Waals surface area (Å²) in [4.78, 5) is 0. The molecule has 2 rings (SSSR count). The van der Waals surface area contributed by atoms with Crippen LogP contribution in [-0.4, -0.2) is 6.61 Å². The van der Waals surface area contributed by atoms with Crippen LogP contribution in [-0.2, 0) is 0 Å². The van der Waals surface area contributed by atoms with E-state index in [1.54, 1.807) is 0 Å². The van der Waals surface area contributed by atoms with Gasteiger partial charge in [0.1, 0.15) is 5.75 Å². The lowest BCUT2D eigenvalue weighted by Crippen LogP contribution is -1.99. The van der Waals surface area contributed by atoms with Gasteiger partial charge in [0.2, 0.25) is 0 Å². The third kappa shape index (κ3) is 3.39. The standard InChI is InChI=1S/C18H19NO/c1-2-3-8-13-20-18-12-7-6-11-17(18)16-10-5-4-9-15(16)14-19/h4-7,9-12H,2-3,8,13H2,1H3. The zero-order valence-electron chi connectivity index (χ0n) is 11.8. The molecule has 0 atom stereocenters. The largest absolute Gasteiger partial charge is 0.493 e. The van der Waals surface area contributed by atoms with E-state index < -0.39 is 0 Å². The summed E-state index contributed by atoms with van der Waals surface area (Å²) in [6.45, 7) is 2.90. The van der Waals surface area contributed by atoms with Gasteiger partial charge in [-0.3, -0.25) is 0 Å². The fraction of sp³-hybridized carbons (Fsp3) is 0.278. The molecule has 0 heterocycles. The van der Waals surface area contributed by atoms with Crippen molar-refractivity contribution in [3.8, 4) is 22.9 Å². The minimum absolute atomic E-state index is 0.678. The molecule has 0 fully saturated rings. The van der Waals surface area contributed by atoms with Gasteiger partial charge in [0.05, 0.1) is 18.2 Å². The van der Waals surface area contributed by atoms with Gasteiger partial charge in [0.15, 0.2) is 0 Å². The predicted molar refractivity (Wildman–Crippen MR) is 81.6 cm³/mol. The Kier molecular flexibility index (Phi) is 5.20. The second-order valence-corrected chi connectivity index (χ2v) is 4.71. The zero-order chi connectivity index (χ0) is 14.2. The van der Waals surface area contributed by atoms with Gasteiger partial charge in [-0.1, -0.05) is 56.2 Å². The highest BCUT2D eigenvalue weighted by Gasteiger charge is 2.09. The maximum atomic E-state index is 9.23. The lowest BCUT2D eigenvalue weighted by Gasteiger charge is -2.12. The number of nitrogens with zero attached hydrogens (tertiary/aromatic N) is 1. The maximum absolute atomic E-state index is 9.23. The molecule has 0 radical (unpaired) electrons. The minimum Gasteiger partial charge on any atom is -0.493 e. The van der Waals surface area contributed by atoms with E-state index in [2.05, 4.69) is 13.0 Å². The highest BCUT2D eigenvalue weighted by atomic mass is 16.5. The molecule has 0 spiro atoms. The second-order valence-electron chi connectivity index (χ2n) is 4.71. The Balaban J connectivity index is 2.26. The summed E-state index contributed by atoms with van der Waals surface area (Å²) in [6, 6.07) is 17.8. The average molecular weight is 265 g/mol. The third-order valence-electron chi connectivity index (χ3n) is 3.23. The van der Waals surface area contributed by atoms with E-state index in [4.69, 9.17) is 4.74 Å². The molecule has 2 aromatic rings. The Morgan fingerprint density at radius 3 is 2.40 bits per heavy atom. The van der Waals surface area contributed by atoms with Gasteiger partial charge < -0.3 is 4.74 Å². The van der Waals surface area contributed by atoms with Crippen LogP contribution in [0, 0.1) is 11.3 Å². The molecule has 102 valence electrons. The van der Waals surface area contributed by atoms with Crippen LogP contribution in [0.3, 0.4) is 0 Å². The number of nitriles is 1. The summed E-state index contributed by atoms with van der Waals surface area (Å²) < 4.78 is 5.88. The number of rotatable bonds is 6. The van der Waals surface area contributed by atoms with Gasteiger partial charge in [0, 0.05) is 11.1 Å². The van der Waals surface area contributed by atoms with Crippen LogP contribution >= 0.6 is 0 Å². The third-order valence-corrected chi connectivity index (χ3v) is 3.23. The van der Waals surface area contributed by atoms with Gasteiger partial charge in [0.25, 0.3) is 0 Å². The van der Waals surface area contributed by atoms with Gasteiger partial charge in [-0.05, 0) is 18.6 Å². The Labute approximate surface area is 120 Å². The lowest BCUT2D eigenvalue weighted by atomic mass is 9.99. The van der Waals surface area contributed by atoms with Gasteiger partial charge in [-0.25, -0.2) is 0 Å². The molecule has 0 aromatic heterocycles. The first kappa shape index (κ1) is 14.1. The molecule has 0 aliphatic carbocycles. The summed E-state index contributed by atoms with van der Waals surface area (Å²) in [6.07, 6.45) is 3.42. The molecule has 0 amide bonds. The van der Waals surface area contributed by atoms with E-state index in [0.717, 1.165) is 29.9 Å². The van der Waals surface area contributed by atoms with E-state index in [-0.39, 0.29) is 0 Å². The lowest BCUT2D eigenvalue weighted by molar-refractivity contribution is 0.307. The first-order valence-corrected chi connectivity index (χ1v) is 7.08. The van der Waals surface area contributed by atoms with Crippen molar-refractivity contribution in [3.05, 3.63) is 54.1 Å². The fourth-order valence-electron chi connectivity index (χ4n) is 2.16. The van der Waals surface area contributed by atoms with E-state index in [0.29, 0.717) is 5.56 Å². The second kappa shape index (κ2) is 7.35. The maximum Gasteiger partial charge on any atom is 0.127 e. The van der Waals surface area contributed by atoms with Crippen LogP contribution in [0.2, 0.25) is 0 Å². The number of ether oxygens (including phenoxy) is 1. The van der Waals surface area contributed by atoms with Crippen LogP contribution in [0.15, 0.2) is 48.5 Å². The molecule has 0 unspecified atom stereocenters. The first-order chi connectivity index (χ1) is 9.86. The number of hydrogen-bond acceptors (Lipinski definition) is 2. The van der Waals surface area contributed by atoms with Crippen LogP contribution in [0.4, 0.5) is 0 Å². The smallest absolute Gasteiger partial charge is 0.127 e. The van der Waals surface area contributed by atoms with Crippen molar-refractivity contribution < 1.29 is 4.74 Å². The van der Waals surface area contributed by atoms with Crippen molar-refractivity contribution >= 4 is 0 Å². The van der Waals surface area contributed by atoms with Crippen molar-refractivity contribution in [2.45, 2.75) is 26.2 Å². The molecule has 2 nitrogen and oxygen atoms in total. The Morgan fingerprint density at radius 1 is 0.950 bits per heavy atom. The summed E-state index contributed by atoms with van der Waals surface area (Å²) in [7, 11) is 0. The van der Waals surface area contributed by atoms with E-state index in [1.807, 2.05) is 48.5 Å². The van der Waals surface area contributed by atoms with Gasteiger partial charge in [-0.15, -0.1) is 0 Å². The SMILES string of the molecule is CCCCCOc1ccccc1-c1ccccc1C#N. The van der Waals surface area contributed by atoms with Crippen molar-refractivity contribution in [3.63, 3.8) is 0 Å². The fourth-order valence-corrected chi connectivity index (χ4v) is 2.16. The molecule has 20 heavy (non-hydrogen) atoms. The molecular formula is C18H19NO. The number of hydrogen-bond donors (Lipinski definition) is 0. The molecule has 0 saturated heterocycles. The quantitative estimate of drug-likeness (QED) is 0.703. The Hall–Kier alpha value is -2.27. The molecule has 0 N–H and O–H groups in total. The molecular weight excluding hydrogens is 246 g/mol.